The minimum absolute atomic E-state index is 0.0690. The van der Waals surface area contributed by atoms with Gasteiger partial charge in [-0.25, -0.2) is 9.98 Å². The molecule has 0 aromatic carbocycles. The highest BCUT2D eigenvalue weighted by Crippen LogP contribution is 2.35. The molecule has 1 heterocycles. The SMILES string of the molecule is CCNC(=NCc1nc(C(C)C)cs1)NCC1(C)CCCCC1O. The number of aromatic nitrogens is 1. The zero-order chi connectivity index (χ0) is 17.6. The van der Waals surface area contributed by atoms with Crippen LogP contribution < -0.4 is 10.6 Å². The maximum absolute atomic E-state index is 10.3. The maximum Gasteiger partial charge on any atom is 0.191 e. The molecule has 0 amide bonds. The third-order valence-corrected chi connectivity index (χ3v) is 5.67. The van der Waals surface area contributed by atoms with Gasteiger partial charge in [0, 0.05) is 23.9 Å². The molecule has 0 radical (unpaired) electrons. The van der Waals surface area contributed by atoms with Gasteiger partial charge < -0.3 is 15.7 Å². The van der Waals surface area contributed by atoms with E-state index in [4.69, 9.17) is 0 Å². The number of hydrogen-bond acceptors (Lipinski definition) is 4. The van der Waals surface area contributed by atoms with Gasteiger partial charge in [-0.3, -0.25) is 0 Å². The Morgan fingerprint density at radius 1 is 1.46 bits per heavy atom. The zero-order valence-electron chi connectivity index (χ0n) is 15.4. The van der Waals surface area contributed by atoms with Crippen LogP contribution in [0.3, 0.4) is 0 Å². The summed E-state index contributed by atoms with van der Waals surface area (Å²) in [6.45, 7) is 10.7. The van der Waals surface area contributed by atoms with Crippen LogP contribution in [-0.4, -0.2) is 35.2 Å². The van der Waals surface area contributed by atoms with Crippen molar-refractivity contribution in [1.82, 2.24) is 15.6 Å². The molecule has 6 heteroatoms. The number of nitrogens with one attached hydrogen (secondary N) is 2. The van der Waals surface area contributed by atoms with Crippen LogP contribution in [0.15, 0.2) is 10.4 Å². The number of hydrogen-bond donors (Lipinski definition) is 3. The molecule has 2 atom stereocenters. The summed E-state index contributed by atoms with van der Waals surface area (Å²) in [5.74, 6) is 1.26. The average molecular weight is 353 g/mol. The van der Waals surface area contributed by atoms with Crippen molar-refractivity contribution in [1.29, 1.82) is 0 Å². The lowest BCUT2D eigenvalue weighted by Crippen LogP contribution is -2.48. The highest BCUT2D eigenvalue weighted by Gasteiger charge is 2.35. The molecule has 5 nitrogen and oxygen atoms in total. The summed E-state index contributed by atoms with van der Waals surface area (Å²) in [6.07, 6.45) is 4.06. The molecule has 1 aromatic heterocycles. The van der Waals surface area contributed by atoms with Crippen LogP contribution in [-0.2, 0) is 6.54 Å². The predicted octanol–water partition coefficient (Wildman–Crippen LogP) is 3.26. The normalized spacial score (nSPS) is 25.1. The number of aliphatic hydroxyl groups excluding tert-OH is 1. The minimum atomic E-state index is -0.228. The molecule has 0 bridgehead atoms. The molecule has 0 saturated heterocycles. The quantitative estimate of drug-likeness (QED) is 0.543. The van der Waals surface area contributed by atoms with E-state index in [1.54, 1.807) is 11.3 Å². The smallest absolute Gasteiger partial charge is 0.191 e. The number of nitrogens with zero attached hydrogens (tertiary/aromatic N) is 2. The van der Waals surface area contributed by atoms with E-state index < -0.39 is 0 Å². The van der Waals surface area contributed by atoms with E-state index in [2.05, 4.69) is 53.7 Å². The van der Waals surface area contributed by atoms with Gasteiger partial charge in [-0.15, -0.1) is 11.3 Å². The van der Waals surface area contributed by atoms with E-state index in [0.717, 1.165) is 49.0 Å². The third kappa shape index (κ3) is 5.18. The summed E-state index contributed by atoms with van der Waals surface area (Å²) in [7, 11) is 0. The Balaban J connectivity index is 1.94. The van der Waals surface area contributed by atoms with E-state index in [1.807, 2.05) is 0 Å². The number of aliphatic imine (C=N–C) groups is 1. The van der Waals surface area contributed by atoms with Crippen molar-refractivity contribution < 1.29 is 5.11 Å². The molecule has 3 N–H and O–H groups in total. The Kier molecular flexibility index (Phi) is 7.04. The first-order valence-corrected chi connectivity index (χ1v) is 9.97. The Labute approximate surface area is 150 Å². The first-order chi connectivity index (χ1) is 11.4. The summed E-state index contributed by atoms with van der Waals surface area (Å²) >= 11 is 1.67. The summed E-state index contributed by atoms with van der Waals surface area (Å²) < 4.78 is 0. The Hall–Kier alpha value is -1.14. The number of thiazole rings is 1. The molecular formula is C18H32N4OS. The Morgan fingerprint density at radius 2 is 2.25 bits per heavy atom. The molecule has 136 valence electrons. The Morgan fingerprint density at radius 3 is 2.88 bits per heavy atom. The fraction of sp³-hybridized carbons (Fsp3) is 0.778. The highest BCUT2D eigenvalue weighted by atomic mass is 32.1. The third-order valence-electron chi connectivity index (χ3n) is 4.82. The van der Waals surface area contributed by atoms with Crippen LogP contribution in [0.1, 0.15) is 70.0 Å². The standard InChI is InChI=1S/C18H32N4OS/c1-5-19-17(20-10-16-22-14(11-24-16)13(2)3)21-12-18(4)9-7-6-8-15(18)23/h11,13,15,23H,5-10,12H2,1-4H3,(H2,19,20,21). The van der Waals surface area contributed by atoms with Gasteiger partial charge in [0.1, 0.15) is 5.01 Å². The van der Waals surface area contributed by atoms with Gasteiger partial charge in [-0.1, -0.05) is 33.6 Å². The van der Waals surface area contributed by atoms with Crippen LogP contribution in [0.2, 0.25) is 0 Å². The molecule has 0 aliphatic heterocycles. The molecule has 1 aliphatic rings. The fourth-order valence-electron chi connectivity index (χ4n) is 3.02. The van der Waals surface area contributed by atoms with Crippen molar-refractivity contribution in [2.75, 3.05) is 13.1 Å². The molecule has 24 heavy (non-hydrogen) atoms. The molecule has 2 unspecified atom stereocenters. The van der Waals surface area contributed by atoms with Crippen molar-refractivity contribution in [3.63, 3.8) is 0 Å². The van der Waals surface area contributed by atoms with E-state index in [0.29, 0.717) is 12.5 Å². The van der Waals surface area contributed by atoms with E-state index in [1.165, 1.54) is 6.42 Å². The molecule has 2 rings (SSSR count). The molecular weight excluding hydrogens is 320 g/mol. The number of guanidine groups is 1. The van der Waals surface area contributed by atoms with Crippen molar-refractivity contribution in [3.8, 4) is 0 Å². The van der Waals surface area contributed by atoms with E-state index >= 15 is 0 Å². The average Bonchev–Trinajstić information content (AvgIpc) is 3.02. The maximum atomic E-state index is 10.3. The van der Waals surface area contributed by atoms with E-state index in [9.17, 15) is 5.11 Å². The van der Waals surface area contributed by atoms with Gasteiger partial charge in [0.15, 0.2) is 5.96 Å². The summed E-state index contributed by atoms with van der Waals surface area (Å²) in [5.41, 5.74) is 1.07. The second kappa shape index (κ2) is 8.81. The first-order valence-electron chi connectivity index (χ1n) is 9.09. The lowest BCUT2D eigenvalue weighted by Gasteiger charge is -2.38. The highest BCUT2D eigenvalue weighted by molar-refractivity contribution is 7.09. The number of aliphatic hydroxyl groups is 1. The lowest BCUT2D eigenvalue weighted by molar-refractivity contribution is 0.00397. The largest absolute Gasteiger partial charge is 0.392 e. The van der Waals surface area contributed by atoms with Crippen LogP contribution in [0.5, 0.6) is 0 Å². The second-order valence-corrected chi connectivity index (χ2v) is 8.23. The zero-order valence-corrected chi connectivity index (χ0v) is 16.2. The summed E-state index contributed by atoms with van der Waals surface area (Å²) in [4.78, 5) is 9.29. The second-order valence-electron chi connectivity index (χ2n) is 7.29. The lowest BCUT2D eigenvalue weighted by atomic mass is 9.73. The minimum Gasteiger partial charge on any atom is -0.392 e. The van der Waals surface area contributed by atoms with Crippen LogP contribution in [0, 0.1) is 5.41 Å². The van der Waals surface area contributed by atoms with Gasteiger partial charge in [-0.2, -0.15) is 0 Å². The summed E-state index contributed by atoms with van der Waals surface area (Å²) in [6, 6.07) is 0. The first kappa shape index (κ1) is 19.2. The van der Waals surface area contributed by atoms with Gasteiger partial charge in [-0.05, 0) is 25.7 Å². The molecule has 1 fully saturated rings. The summed E-state index contributed by atoms with van der Waals surface area (Å²) in [5, 5.41) is 20.2. The van der Waals surface area contributed by atoms with Gasteiger partial charge in [0.25, 0.3) is 0 Å². The monoisotopic (exact) mass is 352 g/mol. The van der Waals surface area contributed by atoms with Crippen molar-refractivity contribution in [3.05, 3.63) is 16.1 Å². The van der Waals surface area contributed by atoms with Crippen LogP contribution in [0.25, 0.3) is 0 Å². The topological polar surface area (TPSA) is 69.5 Å². The van der Waals surface area contributed by atoms with Gasteiger partial charge >= 0.3 is 0 Å². The van der Waals surface area contributed by atoms with Crippen LogP contribution >= 0.6 is 11.3 Å². The van der Waals surface area contributed by atoms with Crippen molar-refractivity contribution in [2.24, 2.45) is 10.4 Å². The van der Waals surface area contributed by atoms with Crippen molar-refractivity contribution >= 4 is 17.3 Å². The van der Waals surface area contributed by atoms with Gasteiger partial charge in [0.2, 0.25) is 0 Å². The van der Waals surface area contributed by atoms with E-state index in [-0.39, 0.29) is 11.5 Å². The van der Waals surface area contributed by atoms with Gasteiger partial charge in [0.05, 0.1) is 18.3 Å². The predicted molar refractivity (Wildman–Crippen MR) is 102 cm³/mol. The Bertz CT molecular complexity index is 543. The molecule has 1 saturated carbocycles. The van der Waals surface area contributed by atoms with Crippen LogP contribution in [0.4, 0.5) is 0 Å². The molecule has 0 spiro atoms. The van der Waals surface area contributed by atoms with Crippen molar-refractivity contribution in [2.45, 2.75) is 71.9 Å². The fourth-order valence-corrected chi connectivity index (χ4v) is 3.90. The number of rotatable bonds is 6. The molecule has 1 aliphatic carbocycles. The molecule has 1 aromatic rings.